The van der Waals surface area contributed by atoms with Crippen LogP contribution in [-0.2, 0) is 11.3 Å². The van der Waals surface area contributed by atoms with Gasteiger partial charge < -0.3 is 9.84 Å². The van der Waals surface area contributed by atoms with Crippen LogP contribution in [0, 0.1) is 11.7 Å². The number of piperidine rings is 1. The molecule has 0 atom stereocenters. The number of carbonyl (C=O) groups is 1. The van der Waals surface area contributed by atoms with E-state index < -0.39 is 0 Å². The van der Waals surface area contributed by atoms with Crippen LogP contribution in [0.4, 0.5) is 10.1 Å². The number of hydrogen-bond donors (Lipinski definition) is 1. The maximum absolute atomic E-state index is 13.0. The number of anilines is 1. The first-order valence-corrected chi connectivity index (χ1v) is 9.82. The molecule has 1 aliphatic rings. The lowest BCUT2D eigenvalue weighted by molar-refractivity contribution is -0.121. The zero-order valence-corrected chi connectivity index (χ0v) is 16.4. The number of carbonyl (C=O) groups excluding carboxylic acids is 1. The fraction of sp³-hybridized carbons (Fsp3) is 0.286. The summed E-state index contributed by atoms with van der Waals surface area (Å²) in [5.41, 5.74) is 1.34. The molecule has 1 aliphatic heterocycles. The average Bonchev–Trinajstić information content (AvgIpc) is 3.19. The molecule has 1 aromatic heterocycles. The molecule has 8 heteroatoms. The Labute approximate surface area is 172 Å². The van der Waals surface area contributed by atoms with E-state index in [0.29, 0.717) is 29.0 Å². The van der Waals surface area contributed by atoms with Gasteiger partial charge in [-0.1, -0.05) is 28.9 Å². The predicted octanol–water partition coefficient (Wildman–Crippen LogP) is 4.38. The van der Waals surface area contributed by atoms with E-state index in [1.165, 1.54) is 12.1 Å². The minimum absolute atomic E-state index is 0.0324. The molecule has 1 N–H and O–H groups in total. The van der Waals surface area contributed by atoms with Gasteiger partial charge in [0.25, 0.3) is 0 Å². The van der Waals surface area contributed by atoms with Crippen molar-refractivity contribution in [3.8, 4) is 11.4 Å². The highest BCUT2D eigenvalue weighted by molar-refractivity contribution is 6.33. The van der Waals surface area contributed by atoms with E-state index in [0.717, 1.165) is 31.5 Å². The van der Waals surface area contributed by atoms with Gasteiger partial charge in [0.15, 0.2) is 0 Å². The van der Waals surface area contributed by atoms with E-state index in [1.807, 2.05) is 18.2 Å². The number of aromatic nitrogens is 2. The minimum Gasteiger partial charge on any atom is -0.338 e. The SMILES string of the molecule is O=C(Nc1ccc(F)cc1)C1CCN(Cc2nc(-c3ccccc3Cl)no2)CC1. The topological polar surface area (TPSA) is 71.3 Å². The molecule has 1 fully saturated rings. The molecule has 0 aliphatic carbocycles. The summed E-state index contributed by atoms with van der Waals surface area (Å²) >= 11 is 6.18. The van der Waals surface area contributed by atoms with Gasteiger partial charge in [0.2, 0.25) is 17.6 Å². The van der Waals surface area contributed by atoms with Gasteiger partial charge in [0.05, 0.1) is 11.6 Å². The Morgan fingerprint density at radius 2 is 1.90 bits per heavy atom. The van der Waals surface area contributed by atoms with Gasteiger partial charge >= 0.3 is 0 Å². The van der Waals surface area contributed by atoms with Crippen LogP contribution in [0.1, 0.15) is 18.7 Å². The van der Waals surface area contributed by atoms with Crippen molar-refractivity contribution in [1.82, 2.24) is 15.0 Å². The highest BCUT2D eigenvalue weighted by Crippen LogP contribution is 2.26. The number of hydrogen-bond acceptors (Lipinski definition) is 5. The first-order valence-electron chi connectivity index (χ1n) is 9.45. The molecule has 1 saturated heterocycles. The van der Waals surface area contributed by atoms with E-state index in [2.05, 4.69) is 20.4 Å². The molecule has 29 heavy (non-hydrogen) atoms. The number of halogens is 2. The second-order valence-electron chi connectivity index (χ2n) is 7.04. The highest BCUT2D eigenvalue weighted by atomic mass is 35.5. The Morgan fingerprint density at radius 3 is 2.62 bits per heavy atom. The van der Waals surface area contributed by atoms with Crippen LogP contribution in [0.15, 0.2) is 53.1 Å². The largest absolute Gasteiger partial charge is 0.338 e. The van der Waals surface area contributed by atoms with Crippen LogP contribution in [0.2, 0.25) is 5.02 Å². The molecule has 1 amide bonds. The summed E-state index contributed by atoms with van der Waals surface area (Å²) in [6.45, 7) is 2.04. The summed E-state index contributed by atoms with van der Waals surface area (Å²) in [5.74, 6) is 0.566. The number of nitrogens with zero attached hydrogens (tertiary/aromatic N) is 3. The summed E-state index contributed by atoms with van der Waals surface area (Å²) < 4.78 is 18.3. The van der Waals surface area contributed by atoms with Gasteiger partial charge in [-0.2, -0.15) is 4.98 Å². The summed E-state index contributed by atoms with van der Waals surface area (Å²) in [4.78, 5) is 19.1. The molecule has 2 aromatic carbocycles. The molecule has 3 aromatic rings. The lowest BCUT2D eigenvalue weighted by atomic mass is 9.96. The number of benzene rings is 2. The fourth-order valence-electron chi connectivity index (χ4n) is 3.39. The predicted molar refractivity (Wildman–Crippen MR) is 108 cm³/mol. The standard InChI is InChI=1S/C21H20ClFN4O2/c22-18-4-2-1-3-17(18)20-25-19(29-26-20)13-27-11-9-14(10-12-27)21(28)24-16-7-5-15(23)6-8-16/h1-8,14H,9-13H2,(H,24,28). The van der Waals surface area contributed by atoms with Crippen LogP contribution in [0.25, 0.3) is 11.4 Å². The molecule has 150 valence electrons. The lowest BCUT2D eigenvalue weighted by Gasteiger charge is -2.30. The van der Waals surface area contributed by atoms with E-state index in [1.54, 1.807) is 18.2 Å². The third kappa shape index (κ3) is 4.81. The van der Waals surface area contributed by atoms with E-state index in [9.17, 15) is 9.18 Å². The van der Waals surface area contributed by atoms with Gasteiger partial charge in [0, 0.05) is 17.2 Å². The number of rotatable bonds is 5. The summed E-state index contributed by atoms with van der Waals surface area (Å²) in [6, 6.07) is 13.2. The Bertz CT molecular complexity index is 984. The number of amides is 1. The van der Waals surface area contributed by atoms with Crippen molar-refractivity contribution < 1.29 is 13.7 Å². The maximum atomic E-state index is 13.0. The third-order valence-electron chi connectivity index (χ3n) is 5.01. The molecule has 0 radical (unpaired) electrons. The molecular weight excluding hydrogens is 395 g/mol. The Balaban J connectivity index is 1.29. The van der Waals surface area contributed by atoms with Crippen LogP contribution >= 0.6 is 11.6 Å². The number of likely N-dealkylation sites (tertiary alicyclic amines) is 1. The Morgan fingerprint density at radius 1 is 1.17 bits per heavy atom. The van der Waals surface area contributed by atoms with Gasteiger partial charge in [-0.15, -0.1) is 0 Å². The normalized spacial score (nSPS) is 15.4. The first kappa shape index (κ1) is 19.5. The van der Waals surface area contributed by atoms with Crippen LogP contribution in [0.5, 0.6) is 0 Å². The van der Waals surface area contributed by atoms with Gasteiger partial charge in [0.1, 0.15) is 5.82 Å². The van der Waals surface area contributed by atoms with E-state index >= 15 is 0 Å². The molecule has 0 spiro atoms. The molecular formula is C21H20ClFN4O2. The highest BCUT2D eigenvalue weighted by Gasteiger charge is 2.26. The molecule has 6 nitrogen and oxygen atoms in total. The summed E-state index contributed by atoms with van der Waals surface area (Å²) in [5, 5.41) is 7.45. The van der Waals surface area contributed by atoms with Crippen molar-refractivity contribution >= 4 is 23.2 Å². The van der Waals surface area contributed by atoms with Crippen molar-refractivity contribution in [2.24, 2.45) is 5.92 Å². The van der Waals surface area contributed by atoms with Crippen molar-refractivity contribution in [3.63, 3.8) is 0 Å². The van der Waals surface area contributed by atoms with Crippen molar-refractivity contribution in [1.29, 1.82) is 0 Å². The molecule has 0 bridgehead atoms. The second kappa shape index (κ2) is 8.71. The fourth-order valence-corrected chi connectivity index (χ4v) is 3.61. The van der Waals surface area contributed by atoms with Crippen molar-refractivity contribution in [3.05, 3.63) is 65.3 Å². The van der Waals surface area contributed by atoms with Crippen molar-refractivity contribution in [2.75, 3.05) is 18.4 Å². The summed E-state index contributed by atoms with van der Waals surface area (Å²) in [7, 11) is 0. The molecule has 2 heterocycles. The average molecular weight is 415 g/mol. The quantitative estimate of drug-likeness (QED) is 0.670. The monoisotopic (exact) mass is 414 g/mol. The number of nitrogens with one attached hydrogen (secondary N) is 1. The Kier molecular flexibility index (Phi) is 5.87. The lowest BCUT2D eigenvalue weighted by Crippen LogP contribution is -2.37. The molecule has 0 unspecified atom stereocenters. The zero-order valence-electron chi connectivity index (χ0n) is 15.6. The van der Waals surface area contributed by atoms with Gasteiger partial charge in [-0.3, -0.25) is 9.69 Å². The zero-order chi connectivity index (χ0) is 20.2. The maximum Gasteiger partial charge on any atom is 0.241 e. The smallest absolute Gasteiger partial charge is 0.241 e. The Hall–Kier alpha value is -2.77. The first-order chi connectivity index (χ1) is 14.1. The minimum atomic E-state index is -0.324. The molecule has 0 saturated carbocycles. The van der Waals surface area contributed by atoms with Crippen LogP contribution < -0.4 is 5.32 Å². The third-order valence-corrected chi connectivity index (χ3v) is 5.34. The second-order valence-corrected chi connectivity index (χ2v) is 7.45. The van der Waals surface area contributed by atoms with E-state index in [4.69, 9.17) is 16.1 Å². The van der Waals surface area contributed by atoms with Crippen LogP contribution in [-0.4, -0.2) is 34.0 Å². The van der Waals surface area contributed by atoms with Crippen LogP contribution in [0.3, 0.4) is 0 Å². The van der Waals surface area contributed by atoms with Gasteiger partial charge in [-0.05, 0) is 62.3 Å². The summed E-state index contributed by atoms with van der Waals surface area (Å²) in [6.07, 6.45) is 1.47. The van der Waals surface area contributed by atoms with E-state index in [-0.39, 0.29) is 17.6 Å². The van der Waals surface area contributed by atoms with Crippen molar-refractivity contribution in [2.45, 2.75) is 19.4 Å². The molecule has 4 rings (SSSR count). The van der Waals surface area contributed by atoms with Gasteiger partial charge in [-0.25, -0.2) is 4.39 Å².